The highest BCUT2D eigenvalue weighted by atomic mass is 32.1. The molecule has 0 fully saturated rings. The number of carbonyl (C=O) groups is 1. The SMILES string of the molecule is COc1ccc(NC(=O)Cn2cnc3sc(C)c(C)c3c2=O)cc1. The lowest BCUT2D eigenvalue weighted by Crippen LogP contribution is -2.27. The fourth-order valence-corrected chi connectivity index (χ4v) is 3.40. The van der Waals surface area contributed by atoms with Crippen LogP contribution in [0.1, 0.15) is 10.4 Å². The van der Waals surface area contributed by atoms with Crippen molar-refractivity contribution in [2.24, 2.45) is 0 Å². The van der Waals surface area contributed by atoms with E-state index in [0.29, 0.717) is 21.7 Å². The first-order valence-corrected chi connectivity index (χ1v) is 8.20. The van der Waals surface area contributed by atoms with Gasteiger partial charge in [-0.25, -0.2) is 4.98 Å². The van der Waals surface area contributed by atoms with Crippen LogP contribution in [0, 0.1) is 13.8 Å². The van der Waals surface area contributed by atoms with E-state index in [-0.39, 0.29) is 18.0 Å². The number of methoxy groups -OCH3 is 1. The van der Waals surface area contributed by atoms with E-state index in [1.54, 1.807) is 31.4 Å². The summed E-state index contributed by atoms with van der Waals surface area (Å²) in [5.41, 5.74) is 1.38. The maximum atomic E-state index is 12.6. The predicted octanol–water partition coefficient (Wildman–Crippen LogP) is 2.72. The first-order chi connectivity index (χ1) is 11.5. The summed E-state index contributed by atoms with van der Waals surface area (Å²) in [7, 11) is 1.58. The van der Waals surface area contributed by atoms with Gasteiger partial charge in [0, 0.05) is 10.6 Å². The lowest BCUT2D eigenvalue weighted by Gasteiger charge is -2.08. The number of thiophene rings is 1. The molecule has 3 aromatic rings. The molecule has 0 radical (unpaired) electrons. The molecule has 124 valence electrons. The Hall–Kier alpha value is -2.67. The molecule has 0 saturated heterocycles. The molecule has 0 aliphatic heterocycles. The number of carbonyl (C=O) groups excluding carboxylic acids is 1. The van der Waals surface area contributed by atoms with Crippen molar-refractivity contribution >= 4 is 33.1 Å². The lowest BCUT2D eigenvalue weighted by atomic mass is 10.2. The molecule has 0 aliphatic rings. The molecule has 0 bridgehead atoms. The Morgan fingerprint density at radius 3 is 2.67 bits per heavy atom. The number of fused-ring (bicyclic) bond motifs is 1. The van der Waals surface area contributed by atoms with E-state index in [1.165, 1.54) is 22.2 Å². The summed E-state index contributed by atoms with van der Waals surface area (Å²) in [5.74, 6) is 0.426. The summed E-state index contributed by atoms with van der Waals surface area (Å²) in [4.78, 5) is 30.8. The number of anilines is 1. The molecular formula is C17H17N3O3S. The van der Waals surface area contributed by atoms with E-state index in [1.807, 2.05) is 13.8 Å². The van der Waals surface area contributed by atoms with Crippen LogP contribution in [0.15, 0.2) is 35.4 Å². The first-order valence-electron chi connectivity index (χ1n) is 7.38. The summed E-state index contributed by atoms with van der Waals surface area (Å²) in [6.07, 6.45) is 1.42. The lowest BCUT2D eigenvalue weighted by molar-refractivity contribution is -0.116. The van der Waals surface area contributed by atoms with Crippen molar-refractivity contribution in [1.29, 1.82) is 0 Å². The number of hydrogen-bond acceptors (Lipinski definition) is 5. The zero-order valence-corrected chi connectivity index (χ0v) is 14.4. The second-order valence-corrected chi connectivity index (χ2v) is 6.62. The average Bonchev–Trinajstić information content (AvgIpc) is 2.86. The Labute approximate surface area is 142 Å². The van der Waals surface area contributed by atoms with Crippen LogP contribution in [-0.4, -0.2) is 22.6 Å². The molecule has 0 unspecified atom stereocenters. The molecule has 7 heteroatoms. The normalized spacial score (nSPS) is 10.8. The number of ether oxygens (including phenoxy) is 1. The minimum Gasteiger partial charge on any atom is -0.497 e. The van der Waals surface area contributed by atoms with Crippen molar-refractivity contribution in [3.8, 4) is 5.75 Å². The largest absolute Gasteiger partial charge is 0.497 e. The summed E-state index contributed by atoms with van der Waals surface area (Å²) in [6, 6.07) is 7.00. The minimum atomic E-state index is -0.284. The van der Waals surface area contributed by atoms with E-state index >= 15 is 0 Å². The number of hydrogen-bond donors (Lipinski definition) is 1. The Bertz CT molecular complexity index is 958. The van der Waals surface area contributed by atoms with E-state index < -0.39 is 0 Å². The molecule has 24 heavy (non-hydrogen) atoms. The summed E-state index contributed by atoms with van der Waals surface area (Å²) >= 11 is 1.49. The van der Waals surface area contributed by atoms with Gasteiger partial charge in [0.15, 0.2) is 0 Å². The Morgan fingerprint density at radius 2 is 2.00 bits per heavy atom. The van der Waals surface area contributed by atoms with Gasteiger partial charge < -0.3 is 10.1 Å². The van der Waals surface area contributed by atoms with Gasteiger partial charge in [0.05, 0.1) is 18.8 Å². The van der Waals surface area contributed by atoms with Crippen LogP contribution >= 0.6 is 11.3 Å². The van der Waals surface area contributed by atoms with Gasteiger partial charge in [-0.05, 0) is 43.7 Å². The minimum absolute atomic E-state index is 0.0812. The number of aromatic nitrogens is 2. The molecule has 1 aromatic carbocycles. The fraction of sp³-hybridized carbons (Fsp3) is 0.235. The zero-order valence-electron chi connectivity index (χ0n) is 13.6. The third kappa shape index (κ3) is 3.03. The third-order valence-electron chi connectivity index (χ3n) is 3.84. The number of nitrogens with one attached hydrogen (secondary N) is 1. The van der Waals surface area contributed by atoms with Gasteiger partial charge in [0.1, 0.15) is 17.1 Å². The summed E-state index contributed by atoms with van der Waals surface area (Å²) in [6.45, 7) is 3.78. The Kier molecular flexibility index (Phi) is 4.35. The van der Waals surface area contributed by atoms with E-state index in [9.17, 15) is 9.59 Å². The van der Waals surface area contributed by atoms with Crippen LogP contribution in [-0.2, 0) is 11.3 Å². The van der Waals surface area contributed by atoms with Crippen LogP contribution in [0.25, 0.3) is 10.2 Å². The number of amides is 1. The van der Waals surface area contributed by atoms with Crippen LogP contribution in [0.2, 0.25) is 0 Å². The number of aryl methyl sites for hydroxylation is 2. The van der Waals surface area contributed by atoms with Gasteiger partial charge >= 0.3 is 0 Å². The maximum Gasteiger partial charge on any atom is 0.262 e. The molecule has 6 nitrogen and oxygen atoms in total. The summed E-state index contributed by atoms with van der Waals surface area (Å²) < 4.78 is 6.41. The topological polar surface area (TPSA) is 73.2 Å². The molecule has 2 aromatic heterocycles. The molecule has 3 rings (SSSR count). The highest BCUT2D eigenvalue weighted by Crippen LogP contribution is 2.25. The second-order valence-electron chi connectivity index (χ2n) is 5.42. The highest BCUT2D eigenvalue weighted by Gasteiger charge is 2.13. The number of nitrogens with zero attached hydrogens (tertiary/aromatic N) is 2. The Balaban J connectivity index is 1.81. The second kappa shape index (κ2) is 6.45. The van der Waals surface area contributed by atoms with Crippen molar-refractivity contribution < 1.29 is 9.53 Å². The zero-order chi connectivity index (χ0) is 17.3. The highest BCUT2D eigenvalue weighted by molar-refractivity contribution is 7.18. The molecule has 0 saturated carbocycles. The van der Waals surface area contributed by atoms with E-state index in [4.69, 9.17) is 4.74 Å². The van der Waals surface area contributed by atoms with Gasteiger partial charge in [-0.15, -0.1) is 11.3 Å². The van der Waals surface area contributed by atoms with Crippen molar-refractivity contribution in [2.75, 3.05) is 12.4 Å². The van der Waals surface area contributed by atoms with Crippen LogP contribution in [0.4, 0.5) is 5.69 Å². The molecule has 0 atom stereocenters. The standard InChI is InChI=1S/C17H17N3O3S/c1-10-11(2)24-16-15(10)17(22)20(9-18-16)8-14(21)19-12-4-6-13(23-3)7-5-12/h4-7,9H,8H2,1-3H3,(H,19,21). The van der Waals surface area contributed by atoms with E-state index in [2.05, 4.69) is 10.3 Å². The van der Waals surface area contributed by atoms with Crippen LogP contribution in [0.5, 0.6) is 5.75 Å². The maximum absolute atomic E-state index is 12.6. The van der Waals surface area contributed by atoms with Gasteiger partial charge in [-0.2, -0.15) is 0 Å². The third-order valence-corrected chi connectivity index (χ3v) is 4.96. The summed E-state index contributed by atoms with van der Waals surface area (Å²) in [5, 5.41) is 3.35. The smallest absolute Gasteiger partial charge is 0.262 e. The number of benzene rings is 1. The molecule has 2 heterocycles. The molecule has 1 N–H and O–H groups in total. The van der Waals surface area contributed by atoms with Gasteiger partial charge in [-0.3, -0.25) is 14.2 Å². The molecular weight excluding hydrogens is 326 g/mol. The monoisotopic (exact) mass is 343 g/mol. The van der Waals surface area contributed by atoms with Gasteiger partial charge in [0.2, 0.25) is 5.91 Å². The predicted molar refractivity (Wildman–Crippen MR) is 95.0 cm³/mol. The fourth-order valence-electron chi connectivity index (χ4n) is 2.41. The molecule has 0 spiro atoms. The van der Waals surface area contributed by atoms with Crippen LogP contribution < -0.4 is 15.6 Å². The average molecular weight is 343 g/mol. The quantitative estimate of drug-likeness (QED) is 0.790. The van der Waals surface area contributed by atoms with Crippen molar-refractivity contribution in [2.45, 2.75) is 20.4 Å². The van der Waals surface area contributed by atoms with Gasteiger partial charge in [0.25, 0.3) is 5.56 Å². The Morgan fingerprint density at radius 1 is 1.29 bits per heavy atom. The van der Waals surface area contributed by atoms with E-state index in [0.717, 1.165) is 10.4 Å². The van der Waals surface area contributed by atoms with Crippen molar-refractivity contribution in [3.63, 3.8) is 0 Å². The van der Waals surface area contributed by atoms with Crippen LogP contribution in [0.3, 0.4) is 0 Å². The first kappa shape index (κ1) is 16.2. The molecule has 1 amide bonds. The molecule has 0 aliphatic carbocycles. The van der Waals surface area contributed by atoms with Crippen molar-refractivity contribution in [3.05, 3.63) is 51.4 Å². The van der Waals surface area contributed by atoms with Crippen molar-refractivity contribution in [1.82, 2.24) is 9.55 Å². The number of rotatable bonds is 4. The van der Waals surface area contributed by atoms with Gasteiger partial charge in [-0.1, -0.05) is 0 Å².